The first-order valence-corrected chi connectivity index (χ1v) is 3.05. The lowest BCUT2D eigenvalue weighted by Gasteiger charge is -2.11. The average molecular weight is 144 g/mol. The second-order valence-corrected chi connectivity index (χ2v) is 2.53. The minimum absolute atomic E-state index is 0.116. The second-order valence-electron chi connectivity index (χ2n) is 2.53. The Bertz CT molecular complexity index is 140. The number of nitrogens with two attached hydrogens (primary N) is 2. The molecular formula is C6H12N2O2. The van der Waals surface area contributed by atoms with E-state index in [0.29, 0.717) is 0 Å². The summed E-state index contributed by atoms with van der Waals surface area (Å²) in [6, 6.07) is 0. The molecule has 0 bridgehead atoms. The number of carbonyl (C=O) groups is 2. The van der Waals surface area contributed by atoms with Crippen LogP contribution < -0.4 is 11.5 Å². The van der Waals surface area contributed by atoms with Crippen LogP contribution in [0.1, 0.15) is 13.8 Å². The zero-order chi connectivity index (χ0) is 8.31. The van der Waals surface area contributed by atoms with Gasteiger partial charge in [0.2, 0.25) is 11.8 Å². The summed E-state index contributed by atoms with van der Waals surface area (Å²) in [6.45, 7) is 3.44. The van der Waals surface area contributed by atoms with Crippen molar-refractivity contribution in [2.45, 2.75) is 13.8 Å². The van der Waals surface area contributed by atoms with Gasteiger partial charge in [-0.05, 0) is 5.92 Å². The zero-order valence-electron chi connectivity index (χ0n) is 6.13. The van der Waals surface area contributed by atoms with Gasteiger partial charge >= 0.3 is 0 Å². The third-order valence-corrected chi connectivity index (χ3v) is 1.28. The standard InChI is InChI=1S/C6H12N2O2/c1-3(2)4(5(7)9)6(8)10/h3-4H,1-2H3,(H2,7,9)(H2,8,10). The van der Waals surface area contributed by atoms with Crippen molar-refractivity contribution in [1.29, 1.82) is 0 Å². The number of rotatable bonds is 3. The van der Waals surface area contributed by atoms with Gasteiger partial charge in [0.15, 0.2) is 0 Å². The van der Waals surface area contributed by atoms with Gasteiger partial charge in [-0.2, -0.15) is 0 Å². The predicted molar refractivity (Wildman–Crippen MR) is 36.7 cm³/mol. The van der Waals surface area contributed by atoms with Crippen molar-refractivity contribution in [3.63, 3.8) is 0 Å². The molecule has 0 saturated carbocycles. The molecule has 0 aromatic carbocycles. The minimum Gasteiger partial charge on any atom is -0.369 e. The van der Waals surface area contributed by atoms with E-state index in [2.05, 4.69) is 0 Å². The van der Waals surface area contributed by atoms with Crippen molar-refractivity contribution in [2.24, 2.45) is 23.3 Å². The Labute approximate surface area is 59.6 Å². The molecule has 0 aliphatic carbocycles. The largest absolute Gasteiger partial charge is 0.369 e. The highest BCUT2D eigenvalue weighted by Crippen LogP contribution is 2.08. The molecule has 0 aliphatic heterocycles. The van der Waals surface area contributed by atoms with Gasteiger partial charge in [-0.25, -0.2) is 0 Å². The van der Waals surface area contributed by atoms with Gasteiger partial charge < -0.3 is 11.5 Å². The van der Waals surface area contributed by atoms with Gasteiger partial charge in [-0.1, -0.05) is 13.8 Å². The Morgan fingerprint density at radius 3 is 1.40 bits per heavy atom. The fraction of sp³-hybridized carbons (Fsp3) is 0.667. The zero-order valence-corrected chi connectivity index (χ0v) is 6.13. The SMILES string of the molecule is CC(C)C(C(N)=O)C(N)=O. The molecular weight excluding hydrogens is 132 g/mol. The highest BCUT2D eigenvalue weighted by atomic mass is 16.2. The van der Waals surface area contributed by atoms with E-state index in [1.807, 2.05) is 0 Å². The molecule has 0 saturated heterocycles. The van der Waals surface area contributed by atoms with Crippen LogP contribution in [-0.2, 0) is 9.59 Å². The van der Waals surface area contributed by atoms with Crippen molar-refractivity contribution in [2.75, 3.05) is 0 Å². The molecule has 0 heterocycles. The van der Waals surface area contributed by atoms with E-state index < -0.39 is 17.7 Å². The van der Waals surface area contributed by atoms with Gasteiger partial charge in [0.1, 0.15) is 5.92 Å². The predicted octanol–water partition coefficient (Wildman–Crippen LogP) is -0.771. The highest BCUT2D eigenvalue weighted by molar-refractivity contribution is 5.98. The van der Waals surface area contributed by atoms with Crippen LogP contribution in [0.3, 0.4) is 0 Å². The lowest BCUT2D eigenvalue weighted by Crippen LogP contribution is -2.38. The maximum Gasteiger partial charge on any atom is 0.230 e. The number of primary amides is 2. The van der Waals surface area contributed by atoms with Gasteiger partial charge in [0.05, 0.1) is 0 Å². The summed E-state index contributed by atoms with van der Waals surface area (Å²) in [7, 11) is 0. The number of amides is 2. The minimum atomic E-state index is -0.833. The molecule has 0 radical (unpaired) electrons. The van der Waals surface area contributed by atoms with Crippen LogP contribution in [0.25, 0.3) is 0 Å². The summed E-state index contributed by atoms with van der Waals surface area (Å²) in [6.07, 6.45) is 0. The van der Waals surface area contributed by atoms with Gasteiger partial charge in [-0.3, -0.25) is 9.59 Å². The monoisotopic (exact) mass is 144 g/mol. The van der Waals surface area contributed by atoms with Gasteiger partial charge in [-0.15, -0.1) is 0 Å². The highest BCUT2D eigenvalue weighted by Gasteiger charge is 2.24. The van der Waals surface area contributed by atoms with Crippen LogP contribution in [0.4, 0.5) is 0 Å². The molecule has 58 valence electrons. The Morgan fingerprint density at radius 1 is 1.10 bits per heavy atom. The molecule has 0 spiro atoms. The Kier molecular flexibility index (Phi) is 2.86. The Morgan fingerprint density at radius 2 is 1.40 bits per heavy atom. The topological polar surface area (TPSA) is 86.2 Å². The van der Waals surface area contributed by atoms with E-state index >= 15 is 0 Å². The summed E-state index contributed by atoms with van der Waals surface area (Å²) < 4.78 is 0. The lowest BCUT2D eigenvalue weighted by molar-refractivity contribution is -0.133. The third-order valence-electron chi connectivity index (χ3n) is 1.28. The smallest absolute Gasteiger partial charge is 0.230 e. The maximum absolute atomic E-state index is 10.5. The lowest BCUT2D eigenvalue weighted by atomic mass is 9.95. The van der Waals surface area contributed by atoms with Gasteiger partial charge in [0.25, 0.3) is 0 Å². The third kappa shape index (κ3) is 2.05. The number of carbonyl (C=O) groups excluding carboxylic acids is 2. The number of hydrogen-bond acceptors (Lipinski definition) is 2. The van der Waals surface area contributed by atoms with Crippen LogP contribution in [-0.4, -0.2) is 11.8 Å². The Hall–Kier alpha value is -1.06. The Balaban J connectivity index is 4.27. The van der Waals surface area contributed by atoms with Crippen LogP contribution in [0, 0.1) is 11.8 Å². The van der Waals surface area contributed by atoms with Crippen LogP contribution in [0.2, 0.25) is 0 Å². The van der Waals surface area contributed by atoms with E-state index in [1.165, 1.54) is 0 Å². The molecule has 0 aromatic heterocycles. The fourth-order valence-electron chi connectivity index (χ4n) is 0.797. The van der Waals surface area contributed by atoms with E-state index in [-0.39, 0.29) is 5.92 Å². The van der Waals surface area contributed by atoms with E-state index in [1.54, 1.807) is 13.8 Å². The molecule has 4 nitrogen and oxygen atoms in total. The second kappa shape index (κ2) is 3.20. The molecule has 0 fully saturated rings. The molecule has 4 N–H and O–H groups in total. The van der Waals surface area contributed by atoms with E-state index in [4.69, 9.17) is 11.5 Å². The van der Waals surface area contributed by atoms with Crippen molar-refractivity contribution >= 4 is 11.8 Å². The summed E-state index contributed by atoms with van der Waals surface area (Å²) >= 11 is 0. The quantitative estimate of drug-likeness (QED) is 0.509. The fourth-order valence-corrected chi connectivity index (χ4v) is 0.797. The molecule has 0 rings (SSSR count). The van der Waals surface area contributed by atoms with Crippen molar-refractivity contribution in [1.82, 2.24) is 0 Å². The van der Waals surface area contributed by atoms with Crippen LogP contribution >= 0.6 is 0 Å². The molecule has 0 aromatic rings. The normalized spacial score (nSPS) is 10.4. The first-order chi connectivity index (χ1) is 4.46. The van der Waals surface area contributed by atoms with Gasteiger partial charge in [0, 0.05) is 0 Å². The number of hydrogen-bond donors (Lipinski definition) is 2. The molecule has 10 heavy (non-hydrogen) atoms. The summed E-state index contributed by atoms with van der Waals surface area (Å²) in [4.78, 5) is 21.0. The van der Waals surface area contributed by atoms with Crippen molar-refractivity contribution < 1.29 is 9.59 Å². The van der Waals surface area contributed by atoms with E-state index in [9.17, 15) is 9.59 Å². The first kappa shape index (κ1) is 8.94. The van der Waals surface area contributed by atoms with Crippen LogP contribution in [0.15, 0.2) is 0 Å². The molecule has 4 heteroatoms. The molecule has 2 amide bonds. The average Bonchev–Trinajstić information content (AvgIpc) is 1.59. The summed E-state index contributed by atoms with van der Waals surface area (Å²) in [5, 5.41) is 0. The van der Waals surface area contributed by atoms with E-state index in [0.717, 1.165) is 0 Å². The summed E-state index contributed by atoms with van der Waals surface area (Å²) in [5.41, 5.74) is 9.80. The molecule has 0 aliphatic rings. The van der Waals surface area contributed by atoms with Crippen LogP contribution in [0.5, 0.6) is 0 Å². The molecule has 0 unspecified atom stereocenters. The summed E-state index contributed by atoms with van der Waals surface area (Å²) in [5.74, 6) is -2.25. The maximum atomic E-state index is 10.5. The first-order valence-electron chi connectivity index (χ1n) is 3.05. The molecule has 0 atom stereocenters. The van der Waals surface area contributed by atoms with Crippen molar-refractivity contribution in [3.05, 3.63) is 0 Å². The van der Waals surface area contributed by atoms with Crippen molar-refractivity contribution in [3.8, 4) is 0 Å².